The van der Waals surface area contributed by atoms with E-state index in [2.05, 4.69) is 15.3 Å². The largest absolute Gasteiger partial charge is 0.475 e. The molecule has 2 heterocycles. The lowest BCUT2D eigenvalue weighted by molar-refractivity contribution is 0.0659. The molecule has 0 bridgehead atoms. The maximum atomic E-state index is 10.7. The van der Waals surface area contributed by atoms with Gasteiger partial charge in [-0.3, -0.25) is 9.97 Å². The summed E-state index contributed by atoms with van der Waals surface area (Å²) in [5.41, 5.74) is 1.69. The lowest BCUT2D eigenvalue weighted by Gasteiger charge is -2.10. The Labute approximate surface area is 110 Å². The van der Waals surface area contributed by atoms with Crippen LogP contribution in [0.5, 0.6) is 0 Å². The summed E-state index contributed by atoms with van der Waals surface area (Å²) < 4.78 is 5.22. The van der Waals surface area contributed by atoms with Crippen LogP contribution in [0.2, 0.25) is 0 Å². The summed E-state index contributed by atoms with van der Waals surface area (Å²) in [6.45, 7) is 4.31. The van der Waals surface area contributed by atoms with E-state index in [9.17, 15) is 4.79 Å². The van der Waals surface area contributed by atoms with Crippen molar-refractivity contribution < 1.29 is 14.3 Å². The first kappa shape index (κ1) is 13.2. The molecule has 0 fully saturated rings. The van der Waals surface area contributed by atoms with Gasteiger partial charge in [0.25, 0.3) is 0 Å². The van der Waals surface area contributed by atoms with Crippen molar-refractivity contribution in [1.82, 2.24) is 15.3 Å². The third kappa shape index (κ3) is 3.38. The van der Waals surface area contributed by atoms with E-state index in [1.165, 1.54) is 6.07 Å². The number of hydrogen-bond donors (Lipinski definition) is 2. The predicted octanol–water partition coefficient (Wildman–Crippen LogP) is 1.93. The Morgan fingerprint density at radius 3 is 2.79 bits per heavy atom. The third-order valence-electron chi connectivity index (χ3n) is 2.69. The molecule has 6 nitrogen and oxygen atoms in total. The highest BCUT2D eigenvalue weighted by Gasteiger charge is 2.13. The lowest BCUT2D eigenvalue weighted by atomic mass is 10.2. The van der Waals surface area contributed by atoms with E-state index in [0.717, 1.165) is 11.4 Å². The Bertz CT molecular complexity index is 563. The maximum absolute atomic E-state index is 10.7. The van der Waals surface area contributed by atoms with Crippen LogP contribution in [0.4, 0.5) is 0 Å². The van der Waals surface area contributed by atoms with Crippen LogP contribution in [0, 0.1) is 6.92 Å². The summed E-state index contributed by atoms with van der Waals surface area (Å²) in [6, 6.07) is 3.00. The van der Waals surface area contributed by atoms with Gasteiger partial charge in [-0.1, -0.05) is 0 Å². The van der Waals surface area contributed by atoms with Gasteiger partial charge in [0, 0.05) is 18.9 Å². The van der Waals surface area contributed by atoms with Crippen LogP contribution in [0.25, 0.3) is 0 Å². The zero-order chi connectivity index (χ0) is 13.8. The molecule has 0 aromatic carbocycles. The average Bonchev–Trinajstić information content (AvgIpc) is 2.87. The normalized spacial score (nSPS) is 12.3. The van der Waals surface area contributed by atoms with Gasteiger partial charge >= 0.3 is 5.97 Å². The number of nitrogens with zero attached hydrogens (tertiary/aromatic N) is 2. The minimum Gasteiger partial charge on any atom is -0.475 e. The van der Waals surface area contributed by atoms with Crippen molar-refractivity contribution in [2.75, 3.05) is 0 Å². The number of carboxylic acids is 1. The SMILES string of the molecule is Cc1cnc(CNC(C)c2ccc(C(=O)O)o2)cn1. The van der Waals surface area contributed by atoms with Crippen molar-refractivity contribution >= 4 is 5.97 Å². The summed E-state index contributed by atoms with van der Waals surface area (Å²) in [7, 11) is 0. The van der Waals surface area contributed by atoms with Crippen LogP contribution >= 0.6 is 0 Å². The van der Waals surface area contributed by atoms with Crippen LogP contribution in [0.1, 0.15) is 40.7 Å². The minimum atomic E-state index is -1.07. The van der Waals surface area contributed by atoms with E-state index in [1.54, 1.807) is 18.5 Å². The Hall–Kier alpha value is -2.21. The molecule has 2 aromatic heterocycles. The van der Waals surface area contributed by atoms with Gasteiger partial charge in [-0.25, -0.2) is 4.79 Å². The van der Waals surface area contributed by atoms with Crippen molar-refractivity contribution in [3.05, 3.63) is 47.4 Å². The first-order chi connectivity index (χ1) is 9.06. The fourth-order valence-electron chi connectivity index (χ4n) is 1.57. The molecule has 6 heteroatoms. The summed E-state index contributed by atoms with van der Waals surface area (Å²) in [5.74, 6) is -0.543. The van der Waals surface area contributed by atoms with Crippen molar-refractivity contribution in [2.24, 2.45) is 0 Å². The smallest absolute Gasteiger partial charge is 0.371 e. The van der Waals surface area contributed by atoms with E-state index in [1.807, 2.05) is 13.8 Å². The van der Waals surface area contributed by atoms with Gasteiger partial charge in [0.05, 0.1) is 17.4 Å². The molecule has 0 radical (unpaired) electrons. The predicted molar refractivity (Wildman–Crippen MR) is 67.7 cm³/mol. The van der Waals surface area contributed by atoms with Gasteiger partial charge in [0.2, 0.25) is 5.76 Å². The Kier molecular flexibility index (Phi) is 3.91. The Morgan fingerprint density at radius 2 is 2.21 bits per heavy atom. The number of aryl methyl sites for hydroxylation is 1. The quantitative estimate of drug-likeness (QED) is 0.855. The molecule has 0 aliphatic carbocycles. The van der Waals surface area contributed by atoms with Crippen LogP contribution in [0.3, 0.4) is 0 Å². The van der Waals surface area contributed by atoms with Crippen molar-refractivity contribution in [3.63, 3.8) is 0 Å². The van der Waals surface area contributed by atoms with Gasteiger partial charge in [-0.15, -0.1) is 0 Å². The van der Waals surface area contributed by atoms with E-state index in [4.69, 9.17) is 9.52 Å². The van der Waals surface area contributed by atoms with Crippen molar-refractivity contribution in [1.29, 1.82) is 0 Å². The van der Waals surface area contributed by atoms with Crippen molar-refractivity contribution in [2.45, 2.75) is 26.4 Å². The molecule has 1 atom stereocenters. The monoisotopic (exact) mass is 261 g/mol. The topological polar surface area (TPSA) is 88.2 Å². The van der Waals surface area contributed by atoms with E-state index in [-0.39, 0.29) is 11.8 Å². The van der Waals surface area contributed by atoms with Crippen LogP contribution in [-0.2, 0) is 6.54 Å². The molecule has 19 heavy (non-hydrogen) atoms. The lowest BCUT2D eigenvalue weighted by Crippen LogP contribution is -2.18. The summed E-state index contributed by atoms with van der Waals surface area (Å²) >= 11 is 0. The molecular formula is C13H15N3O3. The first-order valence-electron chi connectivity index (χ1n) is 5.90. The van der Waals surface area contributed by atoms with Crippen LogP contribution in [-0.4, -0.2) is 21.0 Å². The number of carboxylic acid groups (broad SMARTS) is 1. The van der Waals surface area contributed by atoms with Gasteiger partial charge in [-0.05, 0) is 26.0 Å². The molecule has 2 aromatic rings. The fourth-order valence-corrected chi connectivity index (χ4v) is 1.57. The summed E-state index contributed by atoms with van der Waals surface area (Å²) in [5, 5.41) is 12.0. The Balaban J connectivity index is 1.95. The highest BCUT2D eigenvalue weighted by molar-refractivity contribution is 5.84. The number of nitrogens with one attached hydrogen (secondary N) is 1. The molecule has 1 unspecified atom stereocenters. The molecule has 0 saturated heterocycles. The highest BCUT2D eigenvalue weighted by Crippen LogP contribution is 2.16. The molecule has 2 N–H and O–H groups in total. The number of aromatic nitrogens is 2. The molecule has 0 aliphatic heterocycles. The van der Waals surface area contributed by atoms with Gasteiger partial charge in [-0.2, -0.15) is 0 Å². The number of carbonyl (C=O) groups is 1. The van der Waals surface area contributed by atoms with E-state index in [0.29, 0.717) is 12.3 Å². The second-order valence-electron chi connectivity index (χ2n) is 4.26. The summed E-state index contributed by atoms with van der Waals surface area (Å²) in [4.78, 5) is 19.1. The van der Waals surface area contributed by atoms with E-state index < -0.39 is 5.97 Å². The second kappa shape index (κ2) is 5.62. The van der Waals surface area contributed by atoms with Crippen LogP contribution in [0.15, 0.2) is 28.9 Å². The zero-order valence-electron chi connectivity index (χ0n) is 10.8. The van der Waals surface area contributed by atoms with Gasteiger partial charge in [0.1, 0.15) is 5.76 Å². The standard InChI is InChI=1S/C13H15N3O3/c1-8-5-16-10(6-14-8)7-15-9(2)11-3-4-12(19-11)13(17)18/h3-6,9,15H,7H2,1-2H3,(H,17,18). The highest BCUT2D eigenvalue weighted by atomic mass is 16.4. The molecule has 100 valence electrons. The second-order valence-corrected chi connectivity index (χ2v) is 4.26. The molecule has 0 spiro atoms. The number of hydrogen-bond acceptors (Lipinski definition) is 5. The van der Waals surface area contributed by atoms with Crippen LogP contribution < -0.4 is 5.32 Å². The minimum absolute atomic E-state index is 0.0567. The molecule has 0 amide bonds. The summed E-state index contributed by atoms with van der Waals surface area (Å²) in [6.07, 6.45) is 3.41. The van der Waals surface area contributed by atoms with Gasteiger partial charge in [0.15, 0.2) is 0 Å². The molecule has 0 aliphatic rings. The molecule has 0 saturated carbocycles. The average molecular weight is 261 g/mol. The zero-order valence-corrected chi connectivity index (χ0v) is 10.8. The van der Waals surface area contributed by atoms with E-state index >= 15 is 0 Å². The molecular weight excluding hydrogens is 246 g/mol. The Morgan fingerprint density at radius 1 is 1.42 bits per heavy atom. The maximum Gasteiger partial charge on any atom is 0.371 e. The van der Waals surface area contributed by atoms with Crippen molar-refractivity contribution in [3.8, 4) is 0 Å². The molecule has 2 rings (SSSR count). The van der Waals surface area contributed by atoms with Gasteiger partial charge < -0.3 is 14.8 Å². The third-order valence-corrected chi connectivity index (χ3v) is 2.69. The fraction of sp³-hybridized carbons (Fsp3) is 0.308. The number of aromatic carboxylic acids is 1. The number of furan rings is 1. The first-order valence-corrected chi connectivity index (χ1v) is 5.90. The number of rotatable bonds is 5.